The molecule has 1 aliphatic rings. The lowest BCUT2D eigenvalue weighted by molar-refractivity contribution is -0.135. The summed E-state index contributed by atoms with van der Waals surface area (Å²) in [4.78, 5) is 35.4. The van der Waals surface area contributed by atoms with Crippen molar-refractivity contribution in [2.45, 2.75) is 13.8 Å². The van der Waals surface area contributed by atoms with Crippen LogP contribution in [-0.2, 0) is 4.79 Å². The maximum atomic E-state index is 12.2. The summed E-state index contributed by atoms with van der Waals surface area (Å²) in [6, 6.07) is 0. The van der Waals surface area contributed by atoms with Crippen molar-refractivity contribution in [3.63, 3.8) is 0 Å². The van der Waals surface area contributed by atoms with Gasteiger partial charge in [-0.25, -0.2) is 9.97 Å². The molecule has 0 atom stereocenters. The quantitative estimate of drug-likeness (QED) is 0.819. The summed E-state index contributed by atoms with van der Waals surface area (Å²) in [6.45, 7) is 5.91. The van der Waals surface area contributed by atoms with Gasteiger partial charge in [0.25, 0.3) is 5.91 Å². The van der Waals surface area contributed by atoms with Crippen LogP contribution in [-0.4, -0.2) is 57.8 Å². The number of nitrogens with zero attached hydrogens (tertiary/aromatic N) is 4. The van der Waals surface area contributed by atoms with E-state index in [1.807, 2.05) is 13.8 Å². The van der Waals surface area contributed by atoms with Gasteiger partial charge in [-0.2, -0.15) is 0 Å². The molecule has 6 nitrogen and oxygen atoms in total. The zero-order valence-corrected chi connectivity index (χ0v) is 12.3. The van der Waals surface area contributed by atoms with Crippen molar-refractivity contribution in [1.82, 2.24) is 19.8 Å². The molecule has 0 N–H and O–H groups in total. The van der Waals surface area contributed by atoms with Crippen LogP contribution < -0.4 is 0 Å². The van der Waals surface area contributed by atoms with Crippen molar-refractivity contribution in [1.29, 1.82) is 0 Å². The average molecular weight is 297 g/mol. The van der Waals surface area contributed by atoms with Crippen molar-refractivity contribution < 1.29 is 9.59 Å². The summed E-state index contributed by atoms with van der Waals surface area (Å²) < 4.78 is 0. The van der Waals surface area contributed by atoms with E-state index in [1.54, 1.807) is 9.80 Å². The molecule has 108 valence electrons. The van der Waals surface area contributed by atoms with E-state index < -0.39 is 0 Å². The molecular formula is C13H17ClN4O2. The summed E-state index contributed by atoms with van der Waals surface area (Å²) in [5.74, 6) is -0.0615. The van der Waals surface area contributed by atoms with Crippen LogP contribution >= 0.6 is 11.6 Å². The predicted molar refractivity (Wildman–Crippen MR) is 74.4 cm³/mol. The highest BCUT2D eigenvalue weighted by molar-refractivity contribution is 6.29. The molecule has 1 aromatic heterocycles. The summed E-state index contributed by atoms with van der Waals surface area (Å²) >= 11 is 5.64. The van der Waals surface area contributed by atoms with Crippen LogP contribution in [0.4, 0.5) is 0 Å². The number of hydrogen-bond acceptors (Lipinski definition) is 4. The fraction of sp³-hybridized carbons (Fsp3) is 0.538. The molecule has 2 heterocycles. The van der Waals surface area contributed by atoms with Gasteiger partial charge in [-0.05, 0) is 0 Å². The molecule has 1 fully saturated rings. The largest absolute Gasteiger partial charge is 0.339 e. The molecule has 0 saturated carbocycles. The van der Waals surface area contributed by atoms with Gasteiger partial charge in [0.05, 0.1) is 12.4 Å². The van der Waals surface area contributed by atoms with Crippen LogP contribution in [0, 0.1) is 5.92 Å². The average Bonchev–Trinajstić information content (AvgIpc) is 2.46. The zero-order chi connectivity index (χ0) is 14.7. The molecule has 0 unspecified atom stereocenters. The van der Waals surface area contributed by atoms with Gasteiger partial charge in [0.1, 0.15) is 10.8 Å². The molecule has 1 aromatic rings. The van der Waals surface area contributed by atoms with Crippen LogP contribution in [0.1, 0.15) is 24.3 Å². The van der Waals surface area contributed by atoms with Gasteiger partial charge in [-0.3, -0.25) is 9.59 Å². The standard InChI is InChI=1S/C13H17ClN4O2/c1-9(2)12(19)17-3-5-18(6-4-17)13(20)10-7-16-11(14)8-15-10/h7-9H,3-6H2,1-2H3. The number of piperazine rings is 1. The van der Waals surface area contributed by atoms with Gasteiger partial charge in [-0.15, -0.1) is 0 Å². The van der Waals surface area contributed by atoms with Gasteiger partial charge < -0.3 is 9.80 Å². The van der Waals surface area contributed by atoms with Crippen LogP contribution in [0.3, 0.4) is 0 Å². The van der Waals surface area contributed by atoms with E-state index in [1.165, 1.54) is 12.4 Å². The molecule has 0 aliphatic carbocycles. The highest BCUT2D eigenvalue weighted by Crippen LogP contribution is 2.10. The Morgan fingerprint density at radius 2 is 1.70 bits per heavy atom. The van der Waals surface area contributed by atoms with Crippen LogP contribution in [0.5, 0.6) is 0 Å². The molecular weight excluding hydrogens is 280 g/mol. The molecule has 0 aromatic carbocycles. The number of halogens is 1. The Hall–Kier alpha value is -1.69. The number of aromatic nitrogens is 2. The van der Waals surface area contributed by atoms with E-state index in [4.69, 9.17) is 11.6 Å². The Morgan fingerprint density at radius 1 is 1.10 bits per heavy atom. The summed E-state index contributed by atoms with van der Waals surface area (Å²) in [6.07, 6.45) is 2.73. The number of rotatable bonds is 2. The second kappa shape index (κ2) is 6.17. The third-order valence-corrected chi connectivity index (χ3v) is 3.41. The number of amides is 2. The zero-order valence-electron chi connectivity index (χ0n) is 11.5. The maximum Gasteiger partial charge on any atom is 0.274 e. The van der Waals surface area contributed by atoms with Gasteiger partial charge in [0.15, 0.2) is 0 Å². The first-order chi connectivity index (χ1) is 9.49. The third kappa shape index (κ3) is 3.25. The van der Waals surface area contributed by atoms with E-state index >= 15 is 0 Å². The van der Waals surface area contributed by atoms with Crippen molar-refractivity contribution >= 4 is 23.4 Å². The number of carbonyl (C=O) groups is 2. The summed E-state index contributed by atoms with van der Waals surface area (Å²) in [7, 11) is 0. The molecule has 7 heteroatoms. The molecule has 0 radical (unpaired) electrons. The van der Waals surface area contributed by atoms with E-state index in [0.29, 0.717) is 26.2 Å². The van der Waals surface area contributed by atoms with Crippen molar-refractivity contribution in [2.75, 3.05) is 26.2 Å². The second-order valence-electron chi connectivity index (χ2n) is 5.00. The molecule has 1 saturated heterocycles. The van der Waals surface area contributed by atoms with Gasteiger partial charge in [0, 0.05) is 32.1 Å². The fourth-order valence-electron chi connectivity index (χ4n) is 2.08. The Balaban J connectivity index is 1.95. The lowest BCUT2D eigenvalue weighted by Crippen LogP contribution is -2.51. The molecule has 2 amide bonds. The smallest absolute Gasteiger partial charge is 0.274 e. The third-order valence-electron chi connectivity index (χ3n) is 3.21. The molecule has 0 spiro atoms. The topological polar surface area (TPSA) is 66.4 Å². The van der Waals surface area contributed by atoms with E-state index in [-0.39, 0.29) is 28.6 Å². The maximum absolute atomic E-state index is 12.2. The Labute approximate surface area is 122 Å². The normalized spacial score (nSPS) is 15.6. The monoisotopic (exact) mass is 296 g/mol. The Morgan fingerprint density at radius 3 is 2.20 bits per heavy atom. The lowest BCUT2D eigenvalue weighted by Gasteiger charge is -2.35. The lowest BCUT2D eigenvalue weighted by atomic mass is 10.1. The van der Waals surface area contributed by atoms with Gasteiger partial charge in [-0.1, -0.05) is 25.4 Å². The van der Waals surface area contributed by atoms with E-state index in [0.717, 1.165) is 0 Å². The fourth-order valence-corrected chi connectivity index (χ4v) is 2.18. The van der Waals surface area contributed by atoms with E-state index in [2.05, 4.69) is 9.97 Å². The van der Waals surface area contributed by atoms with Crippen molar-refractivity contribution in [2.24, 2.45) is 5.92 Å². The Kier molecular flexibility index (Phi) is 4.54. The van der Waals surface area contributed by atoms with Crippen molar-refractivity contribution in [3.8, 4) is 0 Å². The van der Waals surface area contributed by atoms with Gasteiger partial charge in [0.2, 0.25) is 5.91 Å². The second-order valence-corrected chi connectivity index (χ2v) is 5.38. The minimum atomic E-state index is -0.175. The highest BCUT2D eigenvalue weighted by Gasteiger charge is 2.26. The number of hydrogen-bond donors (Lipinski definition) is 0. The minimum Gasteiger partial charge on any atom is -0.339 e. The Bertz CT molecular complexity index is 496. The van der Waals surface area contributed by atoms with Gasteiger partial charge >= 0.3 is 0 Å². The molecule has 0 bridgehead atoms. The minimum absolute atomic E-state index is 0.0145. The van der Waals surface area contributed by atoms with Crippen LogP contribution in [0.2, 0.25) is 5.15 Å². The first-order valence-electron chi connectivity index (χ1n) is 6.54. The highest BCUT2D eigenvalue weighted by atomic mass is 35.5. The molecule has 1 aliphatic heterocycles. The molecule has 20 heavy (non-hydrogen) atoms. The van der Waals surface area contributed by atoms with Crippen LogP contribution in [0.25, 0.3) is 0 Å². The summed E-state index contributed by atoms with van der Waals surface area (Å²) in [5, 5.41) is 0.258. The SMILES string of the molecule is CC(C)C(=O)N1CCN(C(=O)c2cnc(Cl)cn2)CC1. The summed E-state index contributed by atoms with van der Waals surface area (Å²) in [5.41, 5.74) is 0.276. The van der Waals surface area contributed by atoms with E-state index in [9.17, 15) is 9.59 Å². The van der Waals surface area contributed by atoms with Crippen LogP contribution in [0.15, 0.2) is 12.4 Å². The predicted octanol–water partition coefficient (Wildman–Crippen LogP) is 1.07. The first-order valence-corrected chi connectivity index (χ1v) is 6.92. The molecule has 2 rings (SSSR count). The van der Waals surface area contributed by atoms with Crippen molar-refractivity contribution in [3.05, 3.63) is 23.2 Å². The first kappa shape index (κ1) is 14.7. The number of carbonyl (C=O) groups excluding carboxylic acids is 2.